The van der Waals surface area contributed by atoms with Gasteiger partial charge < -0.3 is 19.4 Å². The Kier molecular flexibility index (Phi) is 5.56. The van der Waals surface area contributed by atoms with E-state index in [0.29, 0.717) is 29.4 Å². The van der Waals surface area contributed by atoms with E-state index in [1.165, 1.54) is 6.42 Å². The summed E-state index contributed by atoms with van der Waals surface area (Å²) in [5, 5.41) is 5.28. The Bertz CT molecular complexity index is 1210. The van der Waals surface area contributed by atoms with Gasteiger partial charge in [0, 0.05) is 17.8 Å². The molecule has 2 aliphatic rings. The molecule has 7 nitrogen and oxygen atoms in total. The number of carbonyl (C=O) groups is 2. The first-order chi connectivity index (χ1) is 16.0. The molecule has 2 amide bonds. The maximum atomic E-state index is 13.9. The highest BCUT2D eigenvalue weighted by Crippen LogP contribution is 2.40. The lowest BCUT2D eigenvalue weighted by Crippen LogP contribution is -2.65. The van der Waals surface area contributed by atoms with Gasteiger partial charge in [0.1, 0.15) is 11.2 Å². The zero-order chi connectivity index (χ0) is 23.2. The van der Waals surface area contributed by atoms with E-state index >= 15 is 0 Å². The molecule has 1 fully saturated rings. The van der Waals surface area contributed by atoms with E-state index in [1.54, 1.807) is 42.6 Å². The van der Waals surface area contributed by atoms with Gasteiger partial charge in [-0.1, -0.05) is 19.3 Å². The predicted octanol–water partition coefficient (Wildman–Crippen LogP) is 4.59. The van der Waals surface area contributed by atoms with Crippen molar-refractivity contribution in [2.45, 2.75) is 57.2 Å². The van der Waals surface area contributed by atoms with Crippen LogP contribution in [0.4, 0.5) is 5.69 Å². The van der Waals surface area contributed by atoms with Crippen molar-refractivity contribution in [1.82, 2.24) is 9.88 Å². The highest BCUT2D eigenvalue weighted by molar-refractivity contribution is 7.17. The van der Waals surface area contributed by atoms with Crippen LogP contribution in [0.2, 0.25) is 0 Å². The van der Waals surface area contributed by atoms with Crippen molar-refractivity contribution in [3.8, 4) is 11.5 Å². The fourth-order valence-corrected chi connectivity index (χ4v) is 5.99. The molecule has 3 aromatic rings. The number of nitrogens with zero attached hydrogens (tertiary/aromatic N) is 2. The summed E-state index contributed by atoms with van der Waals surface area (Å²) < 4.78 is 13.9. The molecule has 33 heavy (non-hydrogen) atoms. The number of amides is 2. The predicted molar refractivity (Wildman–Crippen MR) is 130 cm³/mol. The van der Waals surface area contributed by atoms with Crippen LogP contribution in [0.15, 0.2) is 35.7 Å². The van der Waals surface area contributed by atoms with Crippen LogP contribution >= 0.6 is 11.3 Å². The third kappa shape index (κ3) is 3.57. The number of anilines is 1. The minimum Gasteiger partial charge on any atom is -0.493 e. The molecule has 5 rings (SSSR count). The number of thiophene rings is 1. The zero-order valence-electron chi connectivity index (χ0n) is 19.2. The number of ether oxygens (including phenoxy) is 2. The first-order valence-electron chi connectivity index (χ1n) is 11.4. The lowest BCUT2D eigenvalue weighted by atomic mass is 9.91. The van der Waals surface area contributed by atoms with E-state index in [-0.39, 0.29) is 17.9 Å². The minimum atomic E-state index is -1.10. The second-order valence-electron chi connectivity index (χ2n) is 9.05. The SMILES string of the molecule is COc1ccc(N2C(=O)c3cc4sccc4n3C[C@]2(C)C(=O)NC2CCCCC2)cc1OC. The van der Waals surface area contributed by atoms with Gasteiger partial charge in [-0.05, 0) is 49.4 Å². The molecule has 1 aliphatic heterocycles. The van der Waals surface area contributed by atoms with Gasteiger partial charge in [0.05, 0.1) is 31.0 Å². The molecule has 8 heteroatoms. The average molecular weight is 468 g/mol. The first-order valence-corrected chi connectivity index (χ1v) is 12.3. The van der Waals surface area contributed by atoms with Crippen LogP contribution in [0, 0.1) is 0 Å². The fourth-order valence-electron chi connectivity index (χ4n) is 5.17. The van der Waals surface area contributed by atoms with Gasteiger partial charge in [0.15, 0.2) is 11.5 Å². The normalized spacial score (nSPS) is 21.2. The summed E-state index contributed by atoms with van der Waals surface area (Å²) in [7, 11) is 3.14. The summed E-state index contributed by atoms with van der Waals surface area (Å²) in [6.07, 6.45) is 5.42. The third-order valence-electron chi connectivity index (χ3n) is 6.96. The summed E-state index contributed by atoms with van der Waals surface area (Å²) in [6.45, 7) is 2.24. The smallest absolute Gasteiger partial charge is 0.275 e. The quantitative estimate of drug-likeness (QED) is 0.596. The zero-order valence-corrected chi connectivity index (χ0v) is 20.0. The molecule has 174 valence electrons. The molecule has 1 N–H and O–H groups in total. The van der Waals surface area contributed by atoms with Crippen molar-refractivity contribution in [2.24, 2.45) is 0 Å². The summed E-state index contributed by atoms with van der Waals surface area (Å²) in [5.41, 5.74) is 1.09. The Hall–Kier alpha value is -3.00. The Morgan fingerprint density at radius 1 is 1.09 bits per heavy atom. The Morgan fingerprint density at radius 3 is 2.58 bits per heavy atom. The van der Waals surface area contributed by atoms with Crippen molar-refractivity contribution >= 4 is 39.1 Å². The molecule has 1 aromatic carbocycles. The van der Waals surface area contributed by atoms with Gasteiger partial charge >= 0.3 is 0 Å². The Labute approximate surface area is 197 Å². The molecule has 0 bridgehead atoms. The summed E-state index contributed by atoms with van der Waals surface area (Å²) in [4.78, 5) is 29.4. The van der Waals surface area contributed by atoms with E-state index < -0.39 is 5.54 Å². The van der Waals surface area contributed by atoms with Crippen molar-refractivity contribution in [3.63, 3.8) is 0 Å². The summed E-state index contributed by atoms with van der Waals surface area (Å²) >= 11 is 1.60. The van der Waals surface area contributed by atoms with Gasteiger partial charge in [-0.2, -0.15) is 0 Å². The summed E-state index contributed by atoms with van der Waals surface area (Å²) in [6, 6.07) is 9.44. The number of benzene rings is 1. The van der Waals surface area contributed by atoms with Crippen LogP contribution in [0.25, 0.3) is 10.2 Å². The molecule has 3 heterocycles. The van der Waals surface area contributed by atoms with E-state index in [0.717, 1.165) is 35.9 Å². The molecule has 0 unspecified atom stereocenters. The molecular formula is C25H29N3O4S. The maximum Gasteiger partial charge on any atom is 0.275 e. The standard InChI is InChI=1S/C25H29N3O4S/c1-25(24(30)26-16-7-5-4-6-8-16)15-27-18-11-12-33-22(18)14-19(27)23(29)28(25)17-9-10-20(31-2)21(13-17)32-3/h9-14,16H,4-8,15H2,1-3H3,(H,26,30)/t25-/m1/s1. The number of rotatable bonds is 5. The Balaban J connectivity index is 1.61. The van der Waals surface area contributed by atoms with Crippen LogP contribution in [0.3, 0.4) is 0 Å². The van der Waals surface area contributed by atoms with Crippen LogP contribution in [0.1, 0.15) is 49.5 Å². The molecule has 0 spiro atoms. The molecule has 1 aliphatic carbocycles. The van der Waals surface area contributed by atoms with Gasteiger partial charge in [0.2, 0.25) is 5.91 Å². The van der Waals surface area contributed by atoms with E-state index in [9.17, 15) is 9.59 Å². The van der Waals surface area contributed by atoms with Gasteiger partial charge in [-0.15, -0.1) is 11.3 Å². The number of nitrogens with one attached hydrogen (secondary N) is 1. The lowest BCUT2D eigenvalue weighted by molar-refractivity contribution is -0.127. The molecule has 0 radical (unpaired) electrons. The fraction of sp³-hybridized carbons (Fsp3) is 0.440. The highest BCUT2D eigenvalue weighted by atomic mass is 32.1. The number of carbonyl (C=O) groups excluding carboxylic acids is 2. The van der Waals surface area contributed by atoms with E-state index in [2.05, 4.69) is 5.32 Å². The lowest BCUT2D eigenvalue weighted by Gasteiger charge is -2.44. The maximum absolute atomic E-state index is 13.9. The van der Waals surface area contributed by atoms with Crippen molar-refractivity contribution in [1.29, 1.82) is 0 Å². The van der Waals surface area contributed by atoms with E-state index in [4.69, 9.17) is 9.47 Å². The van der Waals surface area contributed by atoms with Crippen LogP contribution in [-0.4, -0.2) is 42.2 Å². The molecule has 2 aromatic heterocycles. The average Bonchev–Trinajstić information content (AvgIpc) is 3.42. The molecular weight excluding hydrogens is 438 g/mol. The Morgan fingerprint density at radius 2 is 1.85 bits per heavy atom. The number of fused-ring (bicyclic) bond motifs is 3. The summed E-state index contributed by atoms with van der Waals surface area (Å²) in [5.74, 6) is 0.765. The first kappa shape index (κ1) is 21.8. The van der Waals surface area contributed by atoms with Crippen molar-refractivity contribution < 1.29 is 19.1 Å². The van der Waals surface area contributed by atoms with Gasteiger partial charge in [0.25, 0.3) is 5.91 Å². The minimum absolute atomic E-state index is 0.125. The van der Waals surface area contributed by atoms with Crippen LogP contribution < -0.4 is 19.7 Å². The number of hydrogen-bond donors (Lipinski definition) is 1. The second-order valence-corrected chi connectivity index (χ2v) is 10.00. The van der Waals surface area contributed by atoms with Crippen LogP contribution in [-0.2, 0) is 11.3 Å². The van der Waals surface area contributed by atoms with Crippen molar-refractivity contribution in [2.75, 3.05) is 19.1 Å². The monoisotopic (exact) mass is 467 g/mol. The largest absolute Gasteiger partial charge is 0.493 e. The van der Waals surface area contributed by atoms with Gasteiger partial charge in [-0.25, -0.2) is 0 Å². The van der Waals surface area contributed by atoms with Crippen molar-refractivity contribution in [3.05, 3.63) is 41.4 Å². The van der Waals surface area contributed by atoms with Crippen LogP contribution in [0.5, 0.6) is 11.5 Å². The second kappa shape index (κ2) is 8.41. The number of hydrogen-bond acceptors (Lipinski definition) is 5. The number of methoxy groups -OCH3 is 2. The third-order valence-corrected chi connectivity index (χ3v) is 7.81. The molecule has 1 saturated carbocycles. The molecule has 1 atom stereocenters. The molecule has 0 saturated heterocycles. The number of aromatic nitrogens is 1. The topological polar surface area (TPSA) is 72.8 Å². The van der Waals surface area contributed by atoms with Gasteiger partial charge in [-0.3, -0.25) is 14.5 Å². The highest BCUT2D eigenvalue weighted by Gasteiger charge is 2.49. The van der Waals surface area contributed by atoms with E-state index in [1.807, 2.05) is 35.1 Å².